The number of pyridine rings is 1. The van der Waals surface area contributed by atoms with Crippen LogP contribution in [0.1, 0.15) is 24.5 Å². The average molecular weight is 377 g/mol. The van der Waals surface area contributed by atoms with Gasteiger partial charge in [-0.05, 0) is 43.6 Å². The van der Waals surface area contributed by atoms with Gasteiger partial charge in [0.1, 0.15) is 0 Å². The standard InChI is InChI=1S/C19H28N4O2S/c24-18-4-1-3-17-16-11-15(13-23(17)18)12-22(14-16)19(26)20-5-2-6-21-7-9-25-10-8-21/h1,3-4,15-16H,2,5-14H2,(H,20,26)/t15-,16+/m0/s1. The van der Waals surface area contributed by atoms with E-state index in [9.17, 15) is 4.79 Å². The summed E-state index contributed by atoms with van der Waals surface area (Å²) in [6, 6.07) is 5.66. The quantitative estimate of drug-likeness (QED) is 0.622. The van der Waals surface area contributed by atoms with E-state index >= 15 is 0 Å². The van der Waals surface area contributed by atoms with Crippen molar-refractivity contribution in [3.63, 3.8) is 0 Å². The van der Waals surface area contributed by atoms with Crippen LogP contribution in [-0.4, -0.2) is 72.0 Å². The molecule has 0 amide bonds. The van der Waals surface area contributed by atoms with Crippen molar-refractivity contribution in [3.05, 3.63) is 34.2 Å². The van der Waals surface area contributed by atoms with E-state index in [2.05, 4.69) is 21.2 Å². The number of rotatable bonds is 4. The fourth-order valence-electron chi connectivity index (χ4n) is 4.50. The Morgan fingerprint density at radius 1 is 1.23 bits per heavy atom. The Balaban J connectivity index is 1.28. The van der Waals surface area contributed by atoms with Gasteiger partial charge >= 0.3 is 0 Å². The second kappa shape index (κ2) is 8.06. The highest BCUT2D eigenvalue weighted by Gasteiger charge is 2.35. The van der Waals surface area contributed by atoms with Gasteiger partial charge < -0.3 is 19.5 Å². The molecule has 0 unspecified atom stereocenters. The molecule has 0 aliphatic carbocycles. The second-order valence-electron chi connectivity index (χ2n) is 7.64. The van der Waals surface area contributed by atoms with Gasteiger partial charge in [-0.2, -0.15) is 0 Å². The highest BCUT2D eigenvalue weighted by atomic mass is 32.1. The minimum atomic E-state index is 0.134. The predicted octanol–water partition coefficient (Wildman–Crippen LogP) is 0.864. The van der Waals surface area contributed by atoms with Crippen molar-refractivity contribution in [3.8, 4) is 0 Å². The Kier molecular flexibility index (Phi) is 5.57. The Labute approximate surface area is 160 Å². The van der Waals surface area contributed by atoms with Gasteiger partial charge in [-0.1, -0.05) is 6.07 Å². The number of ether oxygens (including phenoxy) is 1. The van der Waals surface area contributed by atoms with Crippen LogP contribution in [0.4, 0.5) is 0 Å². The monoisotopic (exact) mass is 376 g/mol. The fraction of sp³-hybridized carbons (Fsp3) is 0.684. The molecule has 2 bridgehead atoms. The van der Waals surface area contributed by atoms with E-state index in [1.54, 1.807) is 6.07 Å². The maximum Gasteiger partial charge on any atom is 0.250 e. The highest BCUT2D eigenvalue weighted by molar-refractivity contribution is 7.80. The minimum Gasteiger partial charge on any atom is -0.379 e. The number of aromatic nitrogens is 1. The van der Waals surface area contributed by atoms with Gasteiger partial charge in [0.2, 0.25) is 0 Å². The molecule has 3 aliphatic rings. The first kappa shape index (κ1) is 17.9. The number of hydrogen-bond donors (Lipinski definition) is 1. The molecule has 26 heavy (non-hydrogen) atoms. The maximum absolute atomic E-state index is 12.1. The lowest BCUT2D eigenvalue weighted by Gasteiger charge is -2.43. The lowest BCUT2D eigenvalue weighted by Crippen LogP contribution is -2.52. The van der Waals surface area contributed by atoms with Crippen molar-refractivity contribution in [2.45, 2.75) is 25.3 Å². The molecule has 2 fully saturated rings. The summed E-state index contributed by atoms with van der Waals surface area (Å²) >= 11 is 5.66. The minimum absolute atomic E-state index is 0.134. The Hall–Kier alpha value is -1.44. The molecule has 1 aromatic rings. The van der Waals surface area contributed by atoms with Crippen molar-refractivity contribution < 1.29 is 4.74 Å². The molecule has 4 heterocycles. The third-order valence-corrected chi connectivity index (χ3v) is 6.20. The second-order valence-corrected chi connectivity index (χ2v) is 8.03. The average Bonchev–Trinajstić information content (AvgIpc) is 2.67. The topological polar surface area (TPSA) is 49.7 Å². The van der Waals surface area contributed by atoms with E-state index in [0.717, 1.165) is 70.6 Å². The normalized spacial score (nSPS) is 25.6. The summed E-state index contributed by atoms with van der Waals surface area (Å²) in [6.45, 7) is 8.49. The number of hydrogen-bond acceptors (Lipinski definition) is 4. The number of morpholine rings is 1. The molecule has 7 heteroatoms. The molecular weight excluding hydrogens is 348 g/mol. The molecule has 2 atom stereocenters. The van der Waals surface area contributed by atoms with Gasteiger partial charge in [0, 0.05) is 56.9 Å². The van der Waals surface area contributed by atoms with E-state index in [4.69, 9.17) is 17.0 Å². The van der Waals surface area contributed by atoms with Gasteiger partial charge in [0.15, 0.2) is 5.11 Å². The smallest absolute Gasteiger partial charge is 0.250 e. The molecule has 3 aliphatic heterocycles. The lowest BCUT2D eigenvalue weighted by molar-refractivity contribution is 0.0375. The van der Waals surface area contributed by atoms with E-state index in [-0.39, 0.29) is 5.56 Å². The lowest BCUT2D eigenvalue weighted by atomic mass is 9.83. The molecule has 0 spiro atoms. The molecule has 2 saturated heterocycles. The zero-order chi connectivity index (χ0) is 17.9. The number of fused-ring (bicyclic) bond motifs is 4. The van der Waals surface area contributed by atoms with Crippen LogP contribution >= 0.6 is 12.2 Å². The van der Waals surface area contributed by atoms with Crippen LogP contribution in [-0.2, 0) is 11.3 Å². The van der Waals surface area contributed by atoms with Crippen LogP contribution in [0.15, 0.2) is 23.0 Å². The van der Waals surface area contributed by atoms with Crippen LogP contribution in [0, 0.1) is 5.92 Å². The first-order valence-electron chi connectivity index (χ1n) is 9.73. The van der Waals surface area contributed by atoms with Gasteiger partial charge in [-0.3, -0.25) is 9.69 Å². The third kappa shape index (κ3) is 3.94. The molecular formula is C19H28N4O2S. The summed E-state index contributed by atoms with van der Waals surface area (Å²) in [6.07, 6.45) is 2.26. The predicted molar refractivity (Wildman–Crippen MR) is 106 cm³/mol. The number of piperidine rings is 1. The van der Waals surface area contributed by atoms with Gasteiger partial charge in [-0.15, -0.1) is 0 Å². The summed E-state index contributed by atoms with van der Waals surface area (Å²) in [5, 5.41) is 4.32. The fourth-order valence-corrected chi connectivity index (χ4v) is 4.75. The summed E-state index contributed by atoms with van der Waals surface area (Å²) in [5.74, 6) is 0.916. The highest BCUT2D eigenvalue weighted by Crippen LogP contribution is 2.34. The molecule has 0 saturated carbocycles. The van der Waals surface area contributed by atoms with Crippen molar-refractivity contribution >= 4 is 17.3 Å². The molecule has 0 radical (unpaired) electrons. The summed E-state index contributed by atoms with van der Waals surface area (Å²) in [5.41, 5.74) is 1.31. The van der Waals surface area contributed by atoms with E-state index < -0.39 is 0 Å². The van der Waals surface area contributed by atoms with Crippen molar-refractivity contribution in [2.75, 3.05) is 52.5 Å². The van der Waals surface area contributed by atoms with Crippen molar-refractivity contribution in [1.29, 1.82) is 0 Å². The van der Waals surface area contributed by atoms with Gasteiger partial charge in [0.25, 0.3) is 5.56 Å². The third-order valence-electron chi connectivity index (χ3n) is 5.80. The van der Waals surface area contributed by atoms with Crippen molar-refractivity contribution in [1.82, 2.24) is 19.7 Å². The summed E-state index contributed by atoms with van der Waals surface area (Å²) in [7, 11) is 0. The molecule has 4 rings (SSSR count). The molecule has 1 N–H and O–H groups in total. The Bertz CT molecular complexity index is 701. The molecule has 0 aromatic carbocycles. The maximum atomic E-state index is 12.1. The first-order valence-corrected chi connectivity index (χ1v) is 10.1. The number of likely N-dealkylation sites (tertiary alicyclic amines) is 1. The van der Waals surface area contributed by atoms with E-state index in [0.29, 0.717) is 11.8 Å². The van der Waals surface area contributed by atoms with Gasteiger partial charge in [0.05, 0.1) is 13.2 Å². The zero-order valence-electron chi connectivity index (χ0n) is 15.2. The van der Waals surface area contributed by atoms with E-state index in [1.165, 1.54) is 12.1 Å². The van der Waals surface area contributed by atoms with Crippen molar-refractivity contribution in [2.24, 2.45) is 5.92 Å². The number of nitrogens with zero attached hydrogens (tertiary/aromatic N) is 3. The van der Waals surface area contributed by atoms with Crippen LogP contribution in [0.3, 0.4) is 0 Å². The summed E-state index contributed by atoms with van der Waals surface area (Å²) < 4.78 is 7.35. The zero-order valence-corrected chi connectivity index (χ0v) is 16.0. The molecule has 6 nitrogen and oxygen atoms in total. The Morgan fingerprint density at radius 3 is 2.92 bits per heavy atom. The van der Waals surface area contributed by atoms with Crippen LogP contribution in [0.25, 0.3) is 0 Å². The van der Waals surface area contributed by atoms with Crippen LogP contribution in [0.5, 0.6) is 0 Å². The largest absolute Gasteiger partial charge is 0.379 e. The number of nitrogens with one attached hydrogen (secondary N) is 1. The van der Waals surface area contributed by atoms with E-state index in [1.807, 2.05) is 10.6 Å². The van der Waals surface area contributed by atoms with Crippen LogP contribution in [0.2, 0.25) is 0 Å². The van der Waals surface area contributed by atoms with Crippen LogP contribution < -0.4 is 10.9 Å². The Morgan fingerprint density at radius 2 is 2.08 bits per heavy atom. The first-order chi connectivity index (χ1) is 12.7. The summed E-state index contributed by atoms with van der Waals surface area (Å²) in [4.78, 5) is 16.9. The SMILES string of the molecule is O=c1cccc2n1C[C@H]1C[C@@H]2CN(C(=S)NCCCN2CCOCC2)C1. The van der Waals surface area contributed by atoms with Gasteiger partial charge in [-0.25, -0.2) is 0 Å². The molecule has 142 valence electrons. The molecule has 1 aromatic heterocycles. The number of thiocarbonyl (C=S) groups is 1.